The van der Waals surface area contributed by atoms with Crippen LogP contribution in [0.3, 0.4) is 0 Å². The van der Waals surface area contributed by atoms with Gasteiger partial charge in [0.1, 0.15) is 0 Å². The highest BCUT2D eigenvalue weighted by atomic mass is 32.2. The second-order valence-electron chi connectivity index (χ2n) is 4.56. The lowest BCUT2D eigenvalue weighted by Crippen LogP contribution is -1.92. The van der Waals surface area contributed by atoms with Crippen molar-refractivity contribution in [2.75, 3.05) is 0 Å². The van der Waals surface area contributed by atoms with Gasteiger partial charge in [0.25, 0.3) is 0 Å². The summed E-state index contributed by atoms with van der Waals surface area (Å²) < 4.78 is 10.8. The lowest BCUT2D eigenvalue weighted by molar-refractivity contribution is 0.531. The van der Waals surface area contributed by atoms with Gasteiger partial charge in [0.2, 0.25) is 5.89 Å². The largest absolute Gasteiger partial charge is 0.439 e. The zero-order chi connectivity index (χ0) is 14.9. The number of hydrogen-bond acceptors (Lipinski definition) is 6. The van der Waals surface area contributed by atoms with Gasteiger partial charge in [-0.3, -0.25) is 4.98 Å². The van der Waals surface area contributed by atoms with E-state index in [0.29, 0.717) is 22.7 Å². The number of hydrogen-bond donors (Lipinski definition) is 1. The van der Waals surface area contributed by atoms with Crippen molar-refractivity contribution in [1.82, 2.24) is 9.97 Å². The SMILES string of the molecule is O=c1[nH]c2ccc(SCc3ncc(-c4cccs4)o3)cc2o1. The first-order valence-corrected chi connectivity index (χ1v) is 8.39. The molecule has 0 spiro atoms. The number of nitrogens with zero attached hydrogens (tertiary/aromatic N) is 1. The van der Waals surface area contributed by atoms with E-state index in [9.17, 15) is 4.79 Å². The molecular weight excluding hydrogens is 320 g/mol. The summed E-state index contributed by atoms with van der Waals surface area (Å²) in [6.45, 7) is 0. The van der Waals surface area contributed by atoms with Crippen LogP contribution in [-0.4, -0.2) is 9.97 Å². The van der Waals surface area contributed by atoms with Gasteiger partial charge in [0, 0.05) is 4.90 Å². The minimum absolute atomic E-state index is 0.439. The van der Waals surface area contributed by atoms with Crippen LogP contribution in [0.2, 0.25) is 0 Å². The average molecular weight is 330 g/mol. The van der Waals surface area contributed by atoms with Gasteiger partial charge in [0.05, 0.1) is 22.3 Å². The van der Waals surface area contributed by atoms with Gasteiger partial charge in [-0.1, -0.05) is 6.07 Å². The fraction of sp³-hybridized carbons (Fsp3) is 0.0667. The summed E-state index contributed by atoms with van der Waals surface area (Å²) >= 11 is 3.20. The molecule has 0 unspecified atom stereocenters. The molecule has 110 valence electrons. The average Bonchev–Trinajstić information content (AvgIpc) is 3.23. The second-order valence-corrected chi connectivity index (χ2v) is 6.55. The van der Waals surface area contributed by atoms with E-state index in [2.05, 4.69) is 9.97 Å². The third kappa shape index (κ3) is 2.60. The van der Waals surface area contributed by atoms with E-state index in [0.717, 1.165) is 15.5 Å². The predicted molar refractivity (Wildman–Crippen MR) is 86.2 cm³/mol. The highest BCUT2D eigenvalue weighted by Gasteiger charge is 2.08. The number of oxazole rings is 2. The molecule has 0 atom stereocenters. The Hall–Kier alpha value is -2.25. The minimum Gasteiger partial charge on any atom is -0.439 e. The molecular formula is C15H10N2O3S2. The molecule has 1 aromatic carbocycles. The Kier molecular flexibility index (Phi) is 3.36. The molecule has 0 bridgehead atoms. The maximum absolute atomic E-state index is 11.1. The summed E-state index contributed by atoms with van der Waals surface area (Å²) in [7, 11) is 0. The number of aromatic amines is 1. The molecule has 0 saturated heterocycles. The summed E-state index contributed by atoms with van der Waals surface area (Å²) in [5.41, 5.74) is 1.26. The molecule has 0 aliphatic heterocycles. The Morgan fingerprint density at radius 2 is 2.23 bits per heavy atom. The standard InChI is InChI=1S/C15H10N2O3S2/c18-15-17-10-4-3-9(6-11(10)20-15)22-8-14-16-7-12(19-14)13-2-1-5-21-13/h1-7H,8H2,(H,17,18). The van der Waals surface area contributed by atoms with Crippen LogP contribution in [-0.2, 0) is 5.75 Å². The van der Waals surface area contributed by atoms with Gasteiger partial charge in [-0.05, 0) is 29.6 Å². The van der Waals surface area contributed by atoms with E-state index in [4.69, 9.17) is 8.83 Å². The van der Waals surface area contributed by atoms with Crippen LogP contribution in [0.15, 0.2) is 60.4 Å². The van der Waals surface area contributed by atoms with Crippen molar-refractivity contribution in [2.45, 2.75) is 10.6 Å². The van der Waals surface area contributed by atoms with Crippen LogP contribution in [0.1, 0.15) is 5.89 Å². The predicted octanol–water partition coefficient (Wildman–Crippen LogP) is 4.13. The van der Waals surface area contributed by atoms with Crippen LogP contribution in [0.5, 0.6) is 0 Å². The van der Waals surface area contributed by atoms with Crippen LogP contribution in [0.4, 0.5) is 0 Å². The van der Waals surface area contributed by atoms with Gasteiger partial charge >= 0.3 is 5.76 Å². The molecule has 0 amide bonds. The van der Waals surface area contributed by atoms with E-state index in [1.165, 1.54) is 0 Å². The van der Waals surface area contributed by atoms with E-state index < -0.39 is 5.76 Å². The van der Waals surface area contributed by atoms with Crippen LogP contribution < -0.4 is 5.76 Å². The van der Waals surface area contributed by atoms with E-state index in [1.54, 1.807) is 29.3 Å². The van der Waals surface area contributed by atoms with Crippen molar-refractivity contribution in [2.24, 2.45) is 0 Å². The first kappa shape index (κ1) is 13.4. The zero-order valence-corrected chi connectivity index (χ0v) is 12.9. The molecule has 0 aliphatic carbocycles. The molecule has 4 rings (SSSR count). The lowest BCUT2D eigenvalue weighted by Gasteiger charge is -1.98. The molecule has 7 heteroatoms. The first-order chi connectivity index (χ1) is 10.8. The van der Waals surface area contributed by atoms with Gasteiger partial charge in [-0.15, -0.1) is 23.1 Å². The Bertz CT molecular complexity index is 966. The van der Waals surface area contributed by atoms with Crippen LogP contribution in [0.25, 0.3) is 21.7 Å². The lowest BCUT2D eigenvalue weighted by atomic mass is 10.3. The number of thiophene rings is 1. The van der Waals surface area contributed by atoms with Crippen molar-refractivity contribution < 1.29 is 8.83 Å². The Labute approximate surface area is 133 Å². The summed E-state index contributed by atoms with van der Waals surface area (Å²) in [5.74, 6) is 1.64. The highest BCUT2D eigenvalue weighted by molar-refractivity contribution is 7.98. The number of benzene rings is 1. The fourth-order valence-corrected chi connectivity index (χ4v) is 3.52. The topological polar surface area (TPSA) is 72.0 Å². The fourth-order valence-electron chi connectivity index (χ4n) is 2.07. The van der Waals surface area contributed by atoms with Crippen molar-refractivity contribution in [3.05, 3.63) is 58.4 Å². The number of aromatic nitrogens is 2. The summed E-state index contributed by atoms with van der Waals surface area (Å²) in [6.07, 6.45) is 1.75. The summed E-state index contributed by atoms with van der Waals surface area (Å²) in [5, 5.41) is 2.01. The van der Waals surface area contributed by atoms with Crippen molar-refractivity contribution in [3.8, 4) is 10.6 Å². The molecule has 22 heavy (non-hydrogen) atoms. The number of H-pyrrole nitrogens is 1. The molecule has 0 radical (unpaired) electrons. The Balaban J connectivity index is 1.50. The maximum atomic E-state index is 11.1. The van der Waals surface area contributed by atoms with Gasteiger partial charge in [0.15, 0.2) is 11.3 Å². The molecule has 4 aromatic rings. The van der Waals surface area contributed by atoms with Crippen LogP contribution >= 0.6 is 23.1 Å². The Morgan fingerprint density at radius 1 is 1.27 bits per heavy atom. The molecule has 3 heterocycles. The molecule has 3 aromatic heterocycles. The van der Waals surface area contributed by atoms with E-state index in [-0.39, 0.29) is 0 Å². The smallest absolute Gasteiger partial charge is 0.417 e. The molecule has 0 aliphatic rings. The zero-order valence-electron chi connectivity index (χ0n) is 11.2. The van der Waals surface area contributed by atoms with E-state index in [1.807, 2.05) is 35.7 Å². The van der Waals surface area contributed by atoms with Crippen LogP contribution in [0, 0.1) is 0 Å². The molecule has 5 nitrogen and oxygen atoms in total. The van der Waals surface area contributed by atoms with Gasteiger partial charge < -0.3 is 8.83 Å². The van der Waals surface area contributed by atoms with Crippen molar-refractivity contribution in [1.29, 1.82) is 0 Å². The normalized spacial score (nSPS) is 11.3. The Morgan fingerprint density at radius 3 is 3.09 bits per heavy atom. The maximum Gasteiger partial charge on any atom is 0.417 e. The summed E-state index contributed by atoms with van der Waals surface area (Å²) in [6, 6.07) is 9.58. The molecule has 0 saturated carbocycles. The monoisotopic (exact) mass is 330 g/mol. The quantitative estimate of drug-likeness (QED) is 0.570. The second kappa shape index (κ2) is 5.51. The number of rotatable bonds is 4. The number of fused-ring (bicyclic) bond motifs is 1. The summed E-state index contributed by atoms with van der Waals surface area (Å²) in [4.78, 5) is 20.1. The number of nitrogens with one attached hydrogen (secondary N) is 1. The third-order valence-electron chi connectivity index (χ3n) is 3.07. The molecule has 0 fully saturated rings. The van der Waals surface area contributed by atoms with Crippen molar-refractivity contribution >= 4 is 34.2 Å². The van der Waals surface area contributed by atoms with E-state index >= 15 is 0 Å². The minimum atomic E-state index is -0.439. The van der Waals surface area contributed by atoms with Crippen molar-refractivity contribution in [3.63, 3.8) is 0 Å². The first-order valence-electron chi connectivity index (χ1n) is 6.52. The van der Waals surface area contributed by atoms with Gasteiger partial charge in [-0.25, -0.2) is 9.78 Å². The molecule has 1 N–H and O–H groups in total. The highest BCUT2D eigenvalue weighted by Crippen LogP contribution is 2.29. The third-order valence-corrected chi connectivity index (χ3v) is 4.94. The van der Waals surface area contributed by atoms with Gasteiger partial charge in [-0.2, -0.15) is 0 Å². The number of thioether (sulfide) groups is 1.